The van der Waals surface area contributed by atoms with Crippen LogP contribution in [-0.4, -0.2) is 55.8 Å². The van der Waals surface area contributed by atoms with Crippen molar-refractivity contribution in [2.75, 3.05) is 32.8 Å². The molecular weight excluding hydrogens is 304 g/mol. The van der Waals surface area contributed by atoms with Crippen molar-refractivity contribution in [1.29, 1.82) is 0 Å². The van der Waals surface area contributed by atoms with Gasteiger partial charge in [0.1, 0.15) is 11.9 Å². The van der Waals surface area contributed by atoms with E-state index in [1.165, 1.54) is 0 Å². The Morgan fingerprint density at radius 1 is 1.25 bits per heavy atom. The fraction of sp³-hybridized carbons (Fsp3) is 0.632. The van der Waals surface area contributed by atoms with Crippen LogP contribution >= 0.6 is 0 Å². The van der Waals surface area contributed by atoms with Crippen LogP contribution in [0, 0.1) is 5.92 Å². The maximum atomic E-state index is 12.9. The number of piperazine rings is 1. The Balaban J connectivity index is 1.64. The van der Waals surface area contributed by atoms with Crippen LogP contribution in [0.2, 0.25) is 0 Å². The molecule has 3 rings (SSSR count). The predicted octanol–water partition coefficient (Wildman–Crippen LogP) is 2.31. The molecule has 1 atom stereocenters. The summed E-state index contributed by atoms with van der Waals surface area (Å²) in [5.74, 6) is 1.39. The molecule has 0 bridgehead atoms. The monoisotopic (exact) mass is 332 g/mol. The first-order chi connectivity index (χ1) is 11.6. The number of nitrogens with one attached hydrogen (secondary N) is 1. The summed E-state index contributed by atoms with van der Waals surface area (Å²) in [5, 5.41) is 3.38. The van der Waals surface area contributed by atoms with Crippen LogP contribution in [0.15, 0.2) is 24.3 Å². The molecule has 0 saturated carbocycles. The summed E-state index contributed by atoms with van der Waals surface area (Å²) in [4.78, 5) is 14.9. The molecule has 1 amide bonds. The third-order valence-corrected chi connectivity index (χ3v) is 4.89. The van der Waals surface area contributed by atoms with Crippen molar-refractivity contribution in [3.05, 3.63) is 29.8 Å². The second kappa shape index (κ2) is 7.99. The van der Waals surface area contributed by atoms with Crippen molar-refractivity contribution < 1.29 is 14.3 Å². The molecule has 24 heavy (non-hydrogen) atoms. The lowest BCUT2D eigenvalue weighted by Crippen LogP contribution is -2.55. The fourth-order valence-electron chi connectivity index (χ4n) is 3.40. The highest BCUT2D eigenvalue weighted by Gasteiger charge is 2.29. The van der Waals surface area contributed by atoms with Crippen LogP contribution in [0.5, 0.6) is 5.75 Å². The lowest BCUT2D eigenvalue weighted by atomic mass is 9.99. The van der Waals surface area contributed by atoms with Crippen molar-refractivity contribution in [2.24, 2.45) is 5.92 Å². The molecule has 2 saturated heterocycles. The number of amides is 1. The van der Waals surface area contributed by atoms with Gasteiger partial charge < -0.3 is 19.7 Å². The molecule has 2 fully saturated rings. The highest BCUT2D eigenvalue weighted by atomic mass is 16.5. The average Bonchev–Trinajstić information content (AvgIpc) is 2.62. The Morgan fingerprint density at radius 3 is 2.62 bits per heavy atom. The van der Waals surface area contributed by atoms with Crippen LogP contribution in [0.25, 0.3) is 0 Å². The summed E-state index contributed by atoms with van der Waals surface area (Å²) in [7, 11) is 0. The second-order valence-corrected chi connectivity index (χ2v) is 6.97. The molecule has 1 aromatic rings. The summed E-state index contributed by atoms with van der Waals surface area (Å²) < 4.78 is 11.3. The quantitative estimate of drug-likeness (QED) is 0.919. The number of carbonyl (C=O) groups is 1. The molecule has 0 spiro atoms. The Labute approximate surface area is 144 Å². The summed E-state index contributed by atoms with van der Waals surface area (Å²) in [6, 6.07) is 7.85. The molecule has 1 N–H and O–H groups in total. The molecule has 0 radical (unpaired) electrons. The zero-order valence-electron chi connectivity index (χ0n) is 14.7. The zero-order valence-corrected chi connectivity index (χ0v) is 14.7. The van der Waals surface area contributed by atoms with Gasteiger partial charge in [0.05, 0.1) is 13.2 Å². The van der Waals surface area contributed by atoms with Crippen molar-refractivity contribution in [3.8, 4) is 5.75 Å². The average molecular weight is 332 g/mol. The lowest BCUT2D eigenvalue weighted by Gasteiger charge is -2.38. The van der Waals surface area contributed by atoms with Gasteiger partial charge in [-0.2, -0.15) is 0 Å². The first-order valence-electron chi connectivity index (χ1n) is 9.01. The molecule has 2 heterocycles. The van der Waals surface area contributed by atoms with Gasteiger partial charge in [0.15, 0.2) is 0 Å². The van der Waals surface area contributed by atoms with Crippen molar-refractivity contribution in [2.45, 2.75) is 38.8 Å². The van der Waals surface area contributed by atoms with Crippen molar-refractivity contribution >= 4 is 5.91 Å². The number of rotatable bonds is 4. The van der Waals surface area contributed by atoms with Crippen LogP contribution in [0.3, 0.4) is 0 Å². The van der Waals surface area contributed by atoms with Gasteiger partial charge in [0.25, 0.3) is 5.91 Å². The van der Waals surface area contributed by atoms with Crippen LogP contribution in [0.4, 0.5) is 0 Å². The Hall–Kier alpha value is -1.59. The van der Waals surface area contributed by atoms with E-state index in [2.05, 4.69) is 19.2 Å². The molecule has 0 aromatic heterocycles. The molecule has 1 aromatic carbocycles. The third kappa shape index (κ3) is 4.08. The highest BCUT2D eigenvalue weighted by molar-refractivity contribution is 5.94. The topological polar surface area (TPSA) is 50.8 Å². The molecule has 2 aliphatic rings. The van der Waals surface area contributed by atoms with Gasteiger partial charge in [-0.15, -0.1) is 0 Å². The minimum atomic E-state index is 0.118. The standard InChI is InChI=1S/C19H28N2O3/c1-14(2)18-13-20-9-10-21(18)19(22)15-3-5-16(6-4-15)24-17-7-11-23-12-8-17/h3-6,14,17-18,20H,7-13H2,1-2H3. The molecule has 132 valence electrons. The first-order valence-corrected chi connectivity index (χ1v) is 9.01. The van der Waals surface area contributed by atoms with Gasteiger partial charge in [0.2, 0.25) is 0 Å². The smallest absolute Gasteiger partial charge is 0.254 e. The van der Waals surface area contributed by atoms with Gasteiger partial charge in [-0.1, -0.05) is 13.8 Å². The normalized spacial score (nSPS) is 22.6. The summed E-state index contributed by atoms with van der Waals surface area (Å²) in [5.41, 5.74) is 0.738. The van der Waals surface area contributed by atoms with E-state index in [1.807, 2.05) is 29.2 Å². The van der Waals surface area contributed by atoms with E-state index >= 15 is 0 Å². The van der Waals surface area contributed by atoms with E-state index in [0.717, 1.165) is 57.0 Å². The number of hydrogen-bond donors (Lipinski definition) is 1. The predicted molar refractivity (Wildman–Crippen MR) is 93.4 cm³/mol. The van der Waals surface area contributed by atoms with Crippen LogP contribution < -0.4 is 10.1 Å². The van der Waals surface area contributed by atoms with E-state index in [-0.39, 0.29) is 18.1 Å². The van der Waals surface area contributed by atoms with Gasteiger partial charge in [-0.3, -0.25) is 4.79 Å². The number of hydrogen-bond acceptors (Lipinski definition) is 4. The molecule has 5 heteroatoms. The van der Waals surface area contributed by atoms with E-state index < -0.39 is 0 Å². The number of carbonyl (C=O) groups excluding carboxylic acids is 1. The molecular formula is C19H28N2O3. The maximum absolute atomic E-state index is 12.9. The van der Waals surface area contributed by atoms with Crippen molar-refractivity contribution in [1.82, 2.24) is 10.2 Å². The van der Waals surface area contributed by atoms with E-state index in [9.17, 15) is 4.79 Å². The SMILES string of the molecule is CC(C)C1CNCCN1C(=O)c1ccc(OC2CCOCC2)cc1. The zero-order chi connectivity index (χ0) is 16.9. The lowest BCUT2D eigenvalue weighted by molar-refractivity contribution is 0.0255. The largest absolute Gasteiger partial charge is 0.490 e. The maximum Gasteiger partial charge on any atom is 0.254 e. The van der Waals surface area contributed by atoms with E-state index in [4.69, 9.17) is 9.47 Å². The number of nitrogens with zero attached hydrogens (tertiary/aromatic N) is 1. The van der Waals surface area contributed by atoms with Crippen LogP contribution in [0.1, 0.15) is 37.0 Å². The molecule has 2 aliphatic heterocycles. The van der Waals surface area contributed by atoms with Crippen LogP contribution in [-0.2, 0) is 4.74 Å². The number of benzene rings is 1. The van der Waals surface area contributed by atoms with Gasteiger partial charge >= 0.3 is 0 Å². The third-order valence-electron chi connectivity index (χ3n) is 4.89. The van der Waals surface area contributed by atoms with Gasteiger partial charge in [-0.05, 0) is 30.2 Å². The van der Waals surface area contributed by atoms with E-state index in [0.29, 0.717) is 5.92 Å². The first kappa shape index (κ1) is 17.2. The Bertz CT molecular complexity index is 538. The Morgan fingerprint density at radius 2 is 1.96 bits per heavy atom. The van der Waals surface area contributed by atoms with E-state index in [1.54, 1.807) is 0 Å². The van der Waals surface area contributed by atoms with Gasteiger partial charge in [0, 0.05) is 44.1 Å². The summed E-state index contributed by atoms with van der Waals surface area (Å²) >= 11 is 0. The minimum absolute atomic E-state index is 0.118. The fourth-order valence-corrected chi connectivity index (χ4v) is 3.40. The van der Waals surface area contributed by atoms with Crippen molar-refractivity contribution in [3.63, 3.8) is 0 Å². The second-order valence-electron chi connectivity index (χ2n) is 6.97. The summed E-state index contributed by atoms with van der Waals surface area (Å²) in [6.07, 6.45) is 2.08. The Kier molecular flexibility index (Phi) is 5.74. The minimum Gasteiger partial charge on any atom is -0.490 e. The molecule has 5 nitrogen and oxygen atoms in total. The summed E-state index contributed by atoms with van der Waals surface area (Å²) in [6.45, 7) is 8.36. The molecule has 0 aliphatic carbocycles. The van der Waals surface area contributed by atoms with Gasteiger partial charge in [-0.25, -0.2) is 0 Å². The molecule has 1 unspecified atom stereocenters. The highest BCUT2D eigenvalue weighted by Crippen LogP contribution is 2.21. The number of ether oxygens (including phenoxy) is 2.